The summed E-state index contributed by atoms with van der Waals surface area (Å²) >= 11 is 0. The summed E-state index contributed by atoms with van der Waals surface area (Å²) in [5, 5.41) is 9.02. The SMILES string of the molecule is C#CCOCCn1c(=O)n(CCO)c(=O)n(CCOCC#C)c1=O. The van der Waals surface area contributed by atoms with E-state index < -0.39 is 23.7 Å². The van der Waals surface area contributed by atoms with Crippen molar-refractivity contribution >= 4 is 0 Å². The highest BCUT2D eigenvalue weighted by Crippen LogP contribution is 1.82. The van der Waals surface area contributed by atoms with Crippen LogP contribution < -0.4 is 17.1 Å². The van der Waals surface area contributed by atoms with Gasteiger partial charge >= 0.3 is 17.1 Å². The normalized spacial score (nSPS) is 10.3. The van der Waals surface area contributed by atoms with Crippen LogP contribution in [0, 0.1) is 24.7 Å². The molecule has 1 heterocycles. The zero-order valence-electron chi connectivity index (χ0n) is 13.1. The van der Waals surface area contributed by atoms with Gasteiger partial charge in [-0.3, -0.25) is 0 Å². The van der Waals surface area contributed by atoms with Gasteiger partial charge in [-0.05, 0) is 0 Å². The van der Waals surface area contributed by atoms with E-state index in [2.05, 4.69) is 11.8 Å². The van der Waals surface area contributed by atoms with Crippen LogP contribution in [0.15, 0.2) is 14.4 Å². The molecule has 0 atom stereocenters. The number of rotatable bonds is 10. The lowest BCUT2D eigenvalue weighted by molar-refractivity contribution is 0.146. The second-order valence-corrected chi connectivity index (χ2v) is 4.54. The molecule has 0 aromatic carbocycles. The first-order chi connectivity index (χ1) is 11.6. The highest BCUT2D eigenvalue weighted by atomic mass is 16.5. The number of hydrogen-bond donors (Lipinski definition) is 1. The zero-order chi connectivity index (χ0) is 17.9. The molecule has 1 N–H and O–H groups in total. The number of terminal acetylenes is 2. The fraction of sp³-hybridized carbons (Fsp3) is 0.533. The molecule has 0 unspecified atom stereocenters. The Hall–Kier alpha value is -2.59. The van der Waals surface area contributed by atoms with Gasteiger partial charge in [0.05, 0.1) is 39.5 Å². The minimum Gasteiger partial charge on any atom is -0.395 e. The molecule has 24 heavy (non-hydrogen) atoms. The van der Waals surface area contributed by atoms with Gasteiger partial charge in [0, 0.05) is 0 Å². The molecule has 1 aromatic rings. The van der Waals surface area contributed by atoms with Gasteiger partial charge in [-0.2, -0.15) is 0 Å². The predicted octanol–water partition coefficient (Wildman–Crippen LogP) is -2.54. The maximum atomic E-state index is 12.4. The lowest BCUT2D eigenvalue weighted by Gasteiger charge is -2.13. The zero-order valence-corrected chi connectivity index (χ0v) is 13.1. The highest BCUT2D eigenvalue weighted by molar-refractivity contribution is 4.84. The van der Waals surface area contributed by atoms with Crippen LogP contribution in [0.4, 0.5) is 0 Å². The van der Waals surface area contributed by atoms with E-state index in [0.29, 0.717) is 0 Å². The van der Waals surface area contributed by atoms with Gasteiger partial charge in [0.1, 0.15) is 13.2 Å². The van der Waals surface area contributed by atoms with Crippen molar-refractivity contribution in [1.29, 1.82) is 0 Å². The second-order valence-electron chi connectivity index (χ2n) is 4.54. The summed E-state index contributed by atoms with van der Waals surface area (Å²) in [6, 6.07) is 0. The Balaban J connectivity index is 3.17. The Morgan fingerprint density at radius 2 is 1.17 bits per heavy atom. The van der Waals surface area contributed by atoms with Crippen LogP contribution in [0.2, 0.25) is 0 Å². The molecule has 0 aliphatic heterocycles. The quantitative estimate of drug-likeness (QED) is 0.373. The molecule has 1 aromatic heterocycles. The molecule has 0 fully saturated rings. The Labute approximate surface area is 138 Å². The summed E-state index contributed by atoms with van der Waals surface area (Å²) in [7, 11) is 0. The third-order valence-corrected chi connectivity index (χ3v) is 3.00. The number of nitrogens with zero attached hydrogens (tertiary/aromatic N) is 3. The van der Waals surface area contributed by atoms with Crippen molar-refractivity contribution in [2.75, 3.05) is 33.0 Å². The van der Waals surface area contributed by atoms with Crippen molar-refractivity contribution in [2.45, 2.75) is 19.6 Å². The average Bonchev–Trinajstić information content (AvgIpc) is 2.57. The number of aromatic nitrogens is 3. The minimum atomic E-state index is -0.816. The summed E-state index contributed by atoms with van der Waals surface area (Å²) in [5.74, 6) is 4.52. The van der Waals surface area contributed by atoms with E-state index in [0.717, 1.165) is 13.7 Å². The van der Waals surface area contributed by atoms with E-state index in [-0.39, 0.29) is 46.1 Å². The molecule has 130 valence electrons. The van der Waals surface area contributed by atoms with Crippen LogP contribution in [0.1, 0.15) is 0 Å². The molecule has 0 saturated carbocycles. The molecule has 0 bridgehead atoms. The van der Waals surface area contributed by atoms with Gasteiger partial charge in [-0.1, -0.05) is 11.8 Å². The highest BCUT2D eigenvalue weighted by Gasteiger charge is 2.14. The molecule has 0 amide bonds. The van der Waals surface area contributed by atoms with Gasteiger partial charge in [-0.15, -0.1) is 12.8 Å². The van der Waals surface area contributed by atoms with Crippen LogP contribution in [-0.4, -0.2) is 51.8 Å². The van der Waals surface area contributed by atoms with Crippen LogP contribution in [0.5, 0.6) is 0 Å². The number of ether oxygens (including phenoxy) is 2. The lowest BCUT2D eigenvalue weighted by atomic mass is 10.5. The standard InChI is InChI=1S/C15H19N3O6/c1-3-9-23-11-6-17-13(20)16(5-8-19)14(21)18(15(17)22)7-12-24-10-4-2/h1-2,19H,5-12H2. The molecule has 0 saturated heterocycles. The summed E-state index contributed by atoms with van der Waals surface area (Å²) < 4.78 is 12.6. The molecular formula is C15H19N3O6. The largest absolute Gasteiger partial charge is 0.395 e. The fourth-order valence-electron chi connectivity index (χ4n) is 1.93. The van der Waals surface area contributed by atoms with E-state index in [1.54, 1.807) is 0 Å². The maximum absolute atomic E-state index is 12.4. The molecule has 0 aliphatic carbocycles. The van der Waals surface area contributed by atoms with Crippen LogP contribution in [0.3, 0.4) is 0 Å². The first-order valence-corrected chi connectivity index (χ1v) is 7.16. The summed E-state index contributed by atoms with van der Waals surface area (Å²) in [6.45, 7) is -0.651. The van der Waals surface area contributed by atoms with Gasteiger partial charge in [-0.25, -0.2) is 28.1 Å². The molecular weight excluding hydrogens is 318 g/mol. The fourth-order valence-corrected chi connectivity index (χ4v) is 1.93. The predicted molar refractivity (Wildman–Crippen MR) is 85.6 cm³/mol. The van der Waals surface area contributed by atoms with Crippen LogP contribution in [-0.2, 0) is 29.1 Å². The molecule has 1 rings (SSSR count). The maximum Gasteiger partial charge on any atom is 0.336 e. The van der Waals surface area contributed by atoms with Crippen molar-refractivity contribution in [1.82, 2.24) is 13.7 Å². The molecule has 0 spiro atoms. The second kappa shape index (κ2) is 10.2. The molecule has 9 nitrogen and oxygen atoms in total. The number of hydrogen-bond acceptors (Lipinski definition) is 6. The van der Waals surface area contributed by atoms with Crippen molar-refractivity contribution in [2.24, 2.45) is 0 Å². The van der Waals surface area contributed by atoms with E-state index in [1.165, 1.54) is 0 Å². The topological polar surface area (TPSA) is 105 Å². The van der Waals surface area contributed by atoms with Crippen LogP contribution in [0.25, 0.3) is 0 Å². The first-order valence-electron chi connectivity index (χ1n) is 7.16. The smallest absolute Gasteiger partial charge is 0.336 e. The molecule has 0 aliphatic rings. The third-order valence-electron chi connectivity index (χ3n) is 3.00. The average molecular weight is 337 g/mol. The summed E-state index contributed by atoms with van der Waals surface area (Å²) in [5.41, 5.74) is -2.42. The monoisotopic (exact) mass is 337 g/mol. The summed E-state index contributed by atoms with van der Waals surface area (Å²) in [4.78, 5) is 36.8. The van der Waals surface area contributed by atoms with Gasteiger partial charge in [0.15, 0.2) is 0 Å². The van der Waals surface area contributed by atoms with E-state index >= 15 is 0 Å². The molecule has 9 heteroatoms. The third kappa shape index (κ3) is 4.96. The first kappa shape index (κ1) is 19.5. The Morgan fingerprint density at radius 1 is 0.792 bits per heavy atom. The minimum absolute atomic E-state index is 0.0320. The Bertz CT molecular complexity index is 730. The lowest BCUT2D eigenvalue weighted by Crippen LogP contribution is -2.55. The summed E-state index contributed by atoms with van der Waals surface area (Å²) in [6.07, 6.45) is 10.1. The Kier molecular flexibility index (Phi) is 8.30. The Morgan fingerprint density at radius 3 is 1.50 bits per heavy atom. The number of aliphatic hydroxyl groups excluding tert-OH is 1. The van der Waals surface area contributed by atoms with E-state index in [9.17, 15) is 14.4 Å². The van der Waals surface area contributed by atoms with Crippen molar-refractivity contribution < 1.29 is 14.6 Å². The van der Waals surface area contributed by atoms with Crippen LogP contribution >= 0.6 is 0 Å². The van der Waals surface area contributed by atoms with Crippen molar-refractivity contribution in [3.63, 3.8) is 0 Å². The van der Waals surface area contributed by atoms with Gasteiger partial charge < -0.3 is 14.6 Å². The van der Waals surface area contributed by atoms with Gasteiger partial charge in [0.25, 0.3) is 0 Å². The molecule has 0 radical (unpaired) electrons. The number of aliphatic hydroxyl groups is 1. The van der Waals surface area contributed by atoms with Gasteiger partial charge in [0.2, 0.25) is 0 Å². The van der Waals surface area contributed by atoms with E-state index in [4.69, 9.17) is 27.4 Å². The van der Waals surface area contributed by atoms with Crippen molar-refractivity contribution in [3.05, 3.63) is 31.5 Å². The van der Waals surface area contributed by atoms with Crippen molar-refractivity contribution in [3.8, 4) is 24.7 Å². The van der Waals surface area contributed by atoms with E-state index in [1.807, 2.05) is 0 Å².